The summed E-state index contributed by atoms with van der Waals surface area (Å²) in [4.78, 5) is 11.9. The number of carbonyl (C=O) groups excluding carboxylic acids is 1. The number of aryl methyl sites for hydroxylation is 1. The van der Waals surface area contributed by atoms with Crippen LogP contribution in [0, 0.1) is 6.92 Å². The minimum absolute atomic E-state index is 0.200. The highest BCUT2D eigenvalue weighted by atomic mass is 35.6. The van der Waals surface area contributed by atoms with Crippen LogP contribution in [0.4, 0.5) is 5.69 Å². The quantitative estimate of drug-likeness (QED) is 0.381. The van der Waals surface area contributed by atoms with Crippen LogP contribution in [0.15, 0.2) is 24.3 Å². The molecule has 0 aliphatic rings. The zero-order valence-electron chi connectivity index (χ0n) is 13.0. The minimum atomic E-state index is -1.74. The van der Waals surface area contributed by atoms with Crippen LogP contribution in [0.5, 0.6) is 0 Å². The lowest BCUT2D eigenvalue weighted by Gasteiger charge is -2.28. The topological polar surface area (TPSA) is 53.2 Å². The second-order valence-corrected chi connectivity index (χ2v) is 7.84. The predicted molar refractivity (Wildman–Crippen MR) is 102 cm³/mol. The van der Waals surface area contributed by atoms with Gasteiger partial charge in [0, 0.05) is 12.1 Å². The number of nitrogens with one attached hydrogen (secondary N) is 3. The maximum atomic E-state index is 11.9. The third-order valence-corrected chi connectivity index (χ3v) is 3.93. The van der Waals surface area contributed by atoms with Crippen LogP contribution in [0.3, 0.4) is 0 Å². The van der Waals surface area contributed by atoms with Crippen molar-refractivity contribution in [1.82, 2.24) is 10.6 Å². The van der Waals surface area contributed by atoms with E-state index in [1.165, 1.54) is 0 Å². The average molecular weight is 397 g/mol. The van der Waals surface area contributed by atoms with Crippen molar-refractivity contribution < 1.29 is 4.79 Å². The highest BCUT2D eigenvalue weighted by Crippen LogP contribution is 2.29. The van der Waals surface area contributed by atoms with E-state index in [9.17, 15) is 4.79 Å². The molecule has 0 heterocycles. The van der Waals surface area contributed by atoms with Gasteiger partial charge in [-0.05, 0) is 37.2 Å². The first-order valence-corrected chi connectivity index (χ1v) is 8.77. The number of benzene rings is 1. The Morgan fingerprint density at radius 1 is 1.26 bits per heavy atom. The van der Waals surface area contributed by atoms with Gasteiger partial charge in [0.05, 0.1) is 0 Å². The summed E-state index contributed by atoms with van der Waals surface area (Å²) in [5.74, 6) is -0.200. The number of alkyl halides is 3. The second-order valence-electron chi connectivity index (χ2n) is 5.06. The fourth-order valence-electron chi connectivity index (χ4n) is 1.77. The van der Waals surface area contributed by atoms with Crippen LogP contribution >= 0.6 is 47.0 Å². The molecule has 0 bridgehead atoms. The average Bonchev–Trinajstić information content (AvgIpc) is 2.46. The number of unbranched alkanes of at least 4 members (excludes halogenated alkanes) is 1. The molecule has 23 heavy (non-hydrogen) atoms. The van der Waals surface area contributed by atoms with E-state index in [0.717, 1.165) is 24.1 Å². The number of amides is 1. The first kappa shape index (κ1) is 20.3. The second kappa shape index (κ2) is 9.52. The highest BCUT2D eigenvalue weighted by molar-refractivity contribution is 7.80. The summed E-state index contributed by atoms with van der Waals surface area (Å²) in [5.41, 5.74) is 1.86. The lowest BCUT2D eigenvalue weighted by Crippen LogP contribution is -2.56. The minimum Gasteiger partial charge on any atom is -0.339 e. The maximum absolute atomic E-state index is 11.9. The van der Waals surface area contributed by atoms with E-state index in [1.54, 1.807) is 0 Å². The third-order valence-electron chi connectivity index (χ3n) is 3.06. The van der Waals surface area contributed by atoms with E-state index in [1.807, 2.05) is 38.1 Å². The van der Waals surface area contributed by atoms with Crippen molar-refractivity contribution in [3.63, 3.8) is 0 Å². The molecule has 1 atom stereocenters. The van der Waals surface area contributed by atoms with E-state index in [4.69, 9.17) is 47.0 Å². The molecule has 8 heteroatoms. The molecule has 1 rings (SSSR count). The first-order valence-electron chi connectivity index (χ1n) is 7.23. The van der Waals surface area contributed by atoms with Crippen molar-refractivity contribution in [2.75, 3.05) is 5.32 Å². The van der Waals surface area contributed by atoms with Crippen LogP contribution in [0.25, 0.3) is 0 Å². The van der Waals surface area contributed by atoms with Gasteiger partial charge >= 0.3 is 0 Å². The number of rotatable bonds is 6. The zero-order valence-corrected chi connectivity index (χ0v) is 16.0. The lowest BCUT2D eigenvalue weighted by molar-refractivity contribution is -0.122. The van der Waals surface area contributed by atoms with Crippen molar-refractivity contribution in [2.24, 2.45) is 0 Å². The van der Waals surface area contributed by atoms with E-state index in [0.29, 0.717) is 6.42 Å². The molecule has 0 unspecified atom stereocenters. The molecule has 4 nitrogen and oxygen atoms in total. The fourth-order valence-corrected chi connectivity index (χ4v) is 2.33. The van der Waals surface area contributed by atoms with Gasteiger partial charge in [-0.15, -0.1) is 0 Å². The summed E-state index contributed by atoms with van der Waals surface area (Å²) in [6.07, 6.45) is 1.12. The molecule has 0 saturated carbocycles. The van der Waals surface area contributed by atoms with Gasteiger partial charge in [-0.2, -0.15) is 0 Å². The molecule has 0 saturated heterocycles. The van der Waals surface area contributed by atoms with E-state index in [2.05, 4.69) is 16.0 Å². The zero-order chi connectivity index (χ0) is 17.5. The first-order chi connectivity index (χ1) is 10.7. The Morgan fingerprint density at radius 2 is 1.91 bits per heavy atom. The molecule has 1 amide bonds. The Bertz CT molecular complexity index is 549. The molecule has 0 aliphatic carbocycles. The predicted octanol–water partition coefficient (Wildman–Crippen LogP) is 4.28. The summed E-state index contributed by atoms with van der Waals surface area (Å²) in [7, 11) is 0. The fraction of sp³-hybridized carbons (Fsp3) is 0.467. The number of halogens is 3. The van der Waals surface area contributed by atoms with Gasteiger partial charge in [-0.25, -0.2) is 0 Å². The number of para-hydroxylation sites is 1. The summed E-state index contributed by atoms with van der Waals surface area (Å²) in [6, 6.07) is 7.64. The number of thiocarbonyl (C=S) groups is 1. The summed E-state index contributed by atoms with van der Waals surface area (Å²) in [6.45, 7) is 3.95. The van der Waals surface area contributed by atoms with Gasteiger partial charge in [-0.3, -0.25) is 4.79 Å². The van der Waals surface area contributed by atoms with Gasteiger partial charge in [0.1, 0.15) is 6.17 Å². The molecule has 1 aromatic rings. The Kier molecular flexibility index (Phi) is 8.40. The van der Waals surface area contributed by atoms with Crippen molar-refractivity contribution >= 4 is 63.7 Å². The van der Waals surface area contributed by atoms with Crippen LogP contribution in [-0.2, 0) is 4.79 Å². The summed E-state index contributed by atoms with van der Waals surface area (Å²) >= 11 is 23.0. The molecule has 0 aromatic heterocycles. The van der Waals surface area contributed by atoms with Crippen molar-refractivity contribution in [3.05, 3.63) is 29.8 Å². The van der Waals surface area contributed by atoms with Gasteiger partial charge < -0.3 is 16.0 Å². The molecule has 0 fully saturated rings. The van der Waals surface area contributed by atoms with E-state index < -0.39 is 9.96 Å². The van der Waals surface area contributed by atoms with Gasteiger partial charge in [0.15, 0.2) is 5.11 Å². The molecule has 1 aromatic carbocycles. The summed E-state index contributed by atoms with van der Waals surface area (Å²) < 4.78 is -1.74. The summed E-state index contributed by atoms with van der Waals surface area (Å²) in [5, 5.41) is 8.76. The lowest BCUT2D eigenvalue weighted by atomic mass is 10.2. The van der Waals surface area contributed by atoms with E-state index in [-0.39, 0.29) is 11.0 Å². The van der Waals surface area contributed by atoms with Crippen molar-refractivity contribution in [2.45, 2.75) is 43.1 Å². The molecule has 0 radical (unpaired) electrons. The molecule has 128 valence electrons. The number of hydrogen-bond acceptors (Lipinski definition) is 2. The molecule has 3 N–H and O–H groups in total. The molecule has 0 aliphatic heterocycles. The van der Waals surface area contributed by atoms with Gasteiger partial charge in [-0.1, -0.05) is 66.3 Å². The Labute approximate surface area is 157 Å². The smallest absolute Gasteiger partial charge is 0.228 e. The number of carbonyl (C=O) groups is 1. The van der Waals surface area contributed by atoms with Crippen LogP contribution in [0.2, 0.25) is 0 Å². The third kappa shape index (κ3) is 7.57. The monoisotopic (exact) mass is 395 g/mol. The Balaban J connectivity index is 2.68. The normalized spacial score (nSPS) is 12.4. The van der Waals surface area contributed by atoms with Crippen molar-refractivity contribution in [3.8, 4) is 0 Å². The van der Waals surface area contributed by atoms with Crippen LogP contribution in [0.1, 0.15) is 31.7 Å². The SMILES string of the molecule is CCCCC(=O)N[C@@H](NC(=S)Nc1ccccc1C)C(Cl)(Cl)Cl. The standard InChI is InChI=1S/C15H20Cl3N3OS/c1-3-4-9-12(22)20-13(15(16,17)18)21-14(23)19-11-8-6-5-7-10(11)2/h5-8,13H,3-4,9H2,1-2H3,(H,20,22)(H2,19,21,23)/t13-/m0/s1. The largest absolute Gasteiger partial charge is 0.339 e. The molecular weight excluding hydrogens is 377 g/mol. The molecule has 0 spiro atoms. The van der Waals surface area contributed by atoms with E-state index >= 15 is 0 Å². The Hall–Kier alpha value is -0.750. The van der Waals surface area contributed by atoms with Crippen LogP contribution < -0.4 is 16.0 Å². The van der Waals surface area contributed by atoms with Gasteiger partial charge in [0.2, 0.25) is 9.70 Å². The highest BCUT2D eigenvalue weighted by Gasteiger charge is 2.34. The van der Waals surface area contributed by atoms with Gasteiger partial charge in [0.25, 0.3) is 0 Å². The number of anilines is 1. The molecular formula is C15H20Cl3N3OS. The van der Waals surface area contributed by atoms with Crippen molar-refractivity contribution in [1.29, 1.82) is 0 Å². The number of hydrogen-bond donors (Lipinski definition) is 3. The Morgan fingerprint density at radius 3 is 2.48 bits per heavy atom. The maximum Gasteiger partial charge on any atom is 0.228 e. The van der Waals surface area contributed by atoms with Crippen LogP contribution in [-0.4, -0.2) is 21.0 Å².